The predicted molar refractivity (Wildman–Crippen MR) is 73.5 cm³/mol. The van der Waals surface area contributed by atoms with Crippen molar-refractivity contribution < 1.29 is 4.92 Å². The summed E-state index contributed by atoms with van der Waals surface area (Å²) in [5.74, 6) is 5.29. The Kier molecular flexibility index (Phi) is 4.49. The second kappa shape index (κ2) is 5.68. The monoisotopic (exact) mass is 252 g/mol. The quantitative estimate of drug-likeness (QED) is 0.425. The van der Waals surface area contributed by atoms with Crippen LogP contribution in [0.1, 0.15) is 27.2 Å². The third-order valence-electron chi connectivity index (χ3n) is 2.50. The lowest BCUT2D eigenvalue weighted by Gasteiger charge is -2.18. The van der Waals surface area contributed by atoms with E-state index in [0.29, 0.717) is 11.4 Å². The zero-order valence-electron chi connectivity index (χ0n) is 11.0. The largest absolute Gasteiger partial charge is 0.385 e. The van der Waals surface area contributed by atoms with Crippen LogP contribution >= 0.6 is 0 Å². The molecule has 0 saturated carbocycles. The molecule has 0 aliphatic carbocycles. The molecule has 0 aromatic heterocycles. The van der Waals surface area contributed by atoms with Gasteiger partial charge in [0.1, 0.15) is 0 Å². The first-order valence-corrected chi connectivity index (χ1v) is 5.82. The number of hydrogen-bond donors (Lipinski definition) is 3. The van der Waals surface area contributed by atoms with Crippen molar-refractivity contribution in [2.45, 2.75) is 27.2 Å². The van der Waals surface area contributed by atoms with E-state index in [1.807, 2.05) is 0 Å². The normalized spacial score (nSPS) is 11.1. The molecule has 1 aromatic rings. The average Bonchev–Trinajstić information content (AvgIpc) is 2.26. The van der Waals surface area contributed by atoms with Crippen molar-refractivity contribution in [3.8, 4) is 0 Å². The summed E-state index contributed by atoms with van der Waals surface area (Å²) in [6.07, 6.45) is 0.973. The van der Waals surface area contributed by atoms with Crippen LogP contribution in [0.2, 0.25) is 0 Å². The van der Waals surface area contributed by atoms with E-state index in [1.54, 1.807) is 6.07 Å². The summed E-state index contributed by atoms with van der Waals surface area (Å²) in [6, 6.07) is 4.65. The topological polar surface area (TPSA) is 93.2 Å². The Bertz CT molecular complexity index is 427. The molecule has 0 saturated heterocycles. The van der Waals surface area contributed by atoms with Gasteiger partial charge < -0.3 is 10.7 Å². The molecule has 0 unspecified atom stereocenters. The molecule has 0 heterocycles. The molecule has 6 heteroatoms. The zero-order valence-corrected chi connectivity index (χ0v) is 11.0. The Balaban J connectivity index is 2.76. The number of anilines is 2. The molecule has 0 aliphatic rings. The summed E-state index contributed by atoms with van der Waals surface area (Å²) in [4.78, 5) is 10.3. The molecule has 0 spiro atoms. The van der Waals surface area contributed by atoms with Crippen LogP contribution in [-0.4, -0.2) is 11.5 Å². The Labute approximate surface area is 107 Å². The van der Waals surface area contributed by atoms with Crippen LogP contribution in [0.5, 0.6) is 0 Å². The van der Waals surface area contributed by atoms with E-state index >= 15 is 0 Å². The first kappa shape index (κ1) is 14.2. The standard InChI is InChI=1S/C12H20N4O2/c1-12(2,3)4-5-14-9-6-10(15-13)8-11(7-9)16(17)18/h6-8,14-15H,4-5,13H2,1-3H3. The van der Waals surface area contributed by atoms with Crippen LogP contribution in [-0.2, 0) is 0 Å². The molecule has 0 amide bonds. The first-order valence-electron chi connectivity index (χ1n) is 5.82. The lowest BCUT2D eigenvalue weighted by atomic mass is 9.92. The highest BCUT2D eigenvalue weighted by Gasteiger charge is 2.11. The molecule has 100 valence electrons. The van der Waals surface area contributed by atoms with Gasteiger partial charge in [-0.25, -0.2) is 0 Å². The van der Waals surface area contributed by atoms with E-state index in [-0.39, 0.29) is 11.1 Å². The number of nitro benzene ring substituents is 1. The van der Waals surface area contributed by atoms with E-state index in [2.05, 4.69) is 31.5 Å². The maximum absolute atomic E-state index is 10.8. The SMILES string of the molecule is CC(C)(C)CCNc1cc(NN)cc([N+](=O)[O-])c1. The van der Waals surface area contributed by atoms with E-state index in [9.17, 15) is 10.1 Å². The third-order valence-corrected chi connectivity index (χ3v) is 2.50. The minimum Gasteiger partial charge on any atom is -0.385 e. The molecule has 0 atom stereocenters. The number of nitrogens with zero attached hydrogens (tertiary/aromatic N) is 1. The Morgan fingerprint density at radius 1 is 1.28 bits per heavy atom. The van der Waals surface area contributed by atoms with Crippen LogP contribution in [0.15, 0.2) is 18.2 Å². The van der Waals surface area contributed by atoms with Crippen molar-refractivity contribution in [1.82, 2.24) is 0 Å². The Hall–Kier alpha value is -1.82. The average molecular weight is 252 g/mol. The number of non-ortho nitro benzene ring substituents is 1. The van der Waals surface area contributed by atoms with Gasteiger partial charge in [0.05, 0.1) is 10.6 Å². The van der Waals surface area contributed by atoms with E-state index < -0.39 is 4.92 Å². The van der Waals surface area contributed by atoms with Gasteiger partial charge in [0, 0.05) is 24.4 Å². The van der Waals surface area contributed by atoms with E-state index in [0.717, 1.165) is 13.0 Å². The van der Waals surface area contributed by atoms with Crippen molar-refractivity contribution in [2.24, 2.45) is 11.3 Å². The van der Waals surface area contributed by atoms with Crippen molar-refractivity contribution in [2.75, 3.05) is 17.3 Å². The molecule has 1 aromatic carbocycles. The highest BCUT2D eigenvalue weighted by atomic mass is 16.6. The summed E-state index contributed by atoms with van der Waals surface area (Å²) in [7, 11) is 0. The molecule has 6 nitrogen and oxygen atoms in total. The summed E-state index contributed by atoms with van der Waals surface area (Å²) in [6.45, 7) is 7.20. The highest BCUT2D eigenvalue weighted by molar-refractivity contribution is 5.63. The Morgan fingerprint density at radius 2 is 1.89 bits per heavy atom. The van der Waals surface area contributed by atoms with Gasteiger partial charge in [-0.3, -0.25) is 16.0 Å². The second-order valence-corrected chi connectivity index (χ2v) is 5.41. The molecular weight excluding hydrogens is 232 g/mol. The molecule has 0 bridgehead atoms. The van der Waals surface area contributed by atoms with E-state index in [4.69, 9.17) is 5.84 Å². The number of nitro groups is 1. The van der Waals surface area contributed by atoms with Crippen LogP contribution in [0.25, 0.3) is 0 Å². The fourth-order valence-corrected chi connectivity index (χ4v) is 1.48. The molecule has 0 aliphatic heterocycles. The lowest BCUT2D eigenvalue weighted by Crippen LogP contribution is -2.13. The molecule has 1 rings (SSSR count). The van der Waals surface area contributed by atoms with Crippen molar-refractivity contribution in [3.63, 3.8) is 0 Å². The maximum Gasteiger partial charge on any atom is 0.273 e. The Morgan fingerprint density at radius 3 is 2.39 bits per heavy atom. The molecular formula is C12H20N4O2. The van der Waals surface area contributed by atoms with Gasteiger partial charge in [-0.05, 0) is 17.9 Å². The van der Waals surface area contributed by atoms with Crippen LogP contribution in [0, 0.1) is 15.5 Å². The highest BCUT2D eigenvalue weighted by Crippen LogP contribution is 2.24. The second-order valence-electron chi connectivity index (χ2n) is 5.41. The maximum atomic E-state index is 10.8. The number of nitrogens with one attached hydrogen (secondary N) is 2. The third kappa shape index (κ3) is 4.58. The number of nitrogen functional groups attached to an aromatic ring is 1. The number of hydrogen-bond acceptors (Lipinski definition) is 5. The molecule has 18 heavy (non-hydrogen) atoms. The first-order chi connectivity index (χ1) is 8.31. The van der Waals surface area contributed by atoms with Crippen molar-refractivity contribution in [1.29, 1.82) is 0 Å². The van der Waals surface area contributed by atoms with Crippen molar-refractivity contribution >= 4 is 17.1 Å². The predicted octanol–water partition coefficient (Wildman–Crippen LogP) is 2.73. The summed E-state index contributed by atoms with van der Waals surface area (Å²) < 4.78 is 0. The van der Waals surface area contributed by atoms with E-state index in [1.165, 1.54) is 12.1 Å². The number of hydrazine groups is 1. The minimum absolute atomic E-state index is 0.0173. The molecule has 0 fully saturated rings. The molecule has 0 radical (unpaired) electrons. The molecule has 4 N–H and O–H groups in total. The summed E-state index contributed by atoms with van der Waals surface area (Å²) in [5, 5.41) is 13.9. The summed E-state index contributed by atoms with van der Waals surface area (Å²) in [5.41, 5.74) is 3.88. The van der Waals surface area contributed by atoms with Gasteiger partial charge in [-0.1, -0.05) is 20.8 Å². The minimum atomic E-state index is -0.435. The van der Waals surface area contributed by atoms with Gasteiger partial charge in [0.2, 0.25) is 0 Å². The van der Waals surface area contributed by atoms with Gasteiger partial charge in [-0.2, -0.15) is 0 Å². The number of benzene rings is 1. The van der Waals surface area contributed by atoms with Crippen LogP contribution in [0.3, 0.4) is 0 Å². The van der Waals surface area contributed by atoms with Crippen LogP contribution in [0.4, 0.5) is 17.1 Å². The van der Waals surface area contributed by atoms with Crippen LogP contribution < -0.4 is 16.6 Å². The fourth-order valence-electron chi connectivity index (χ4n) is 1.48. The van der Waals surface area contributed by atoms with Gasteiger partial charge >= 0.3 is 0 Å². The number of nitrogens with two attached hydrogens (primary N) is 1. The fraction of sp³-hybridized carbons (Fsp3) is 0.500. The van der Waals surface area contributed by atoms with Crippen molar-refractivity contribution in [3.05, 3.63) is 28.3 Å². The smallest absolute Gasteiger partial charge is 0.273 e. The summed E-state index contributed by atoms with van der Waals surface area (Å²) >= 11 is 0. The lowest BCUT2D eigenvalue weighted by molar-refractivity contribution is -0.384. The van der Waals surface area contributed by atoms with Gasteiger partial charge in [-0.15, -0.1) is 0 Å². The zero-order chi connectivity index (χ0) is 13.8. The van der Waals surface area contributed by atoms with Gasteiger partial charge in [0.15, 0.2) is 0 Å². The number of rotatable bonds is 5. The van der Waals surface area contributed by atoms with Gasteiger partial charge in [0.25, 0.3) is 5.69 Å².